The highest BCUT2D eigenvalue weighted by Gasteiger charge is 2.20. The fourth-order valence-electron chi connectivity index (χ4n) is 3.43. The van der Waals surface area contributed by atoms with Crippen molar-refractivity contribution in [2.24, 2.45) is 0 Å². The Hall–Kier alpha value is -3.59. The smallest absolute Gasteiger partial charge is 0.118 e. The van der Waals surface area contributed by atoms with Crippen LogP contribution in [0.4, 0.5) is 0 Å². The van der Waals surface area contributed by atoms with Crippen LogP contribution in [0.15, 0.2) is 91.5 Å². The topological polar surface area (TPSA) is 27.1 Å². The van der Waals surface area contributed by atoms with Crippen LogP contribution in [0.25, 0.3) is 22.5 Å². The second-order valence-corrected chi connectivity index (χ2v) is 6.60. The molecule has 1 heterocycles. The number of ether oxygens (including phenoxy) is 1. The van der Waals surface area contributed by atoms with Crippen LogP contribution >= 0.6 is 0 Å². The molecule has 4 rings (SSSR count). The molecule has 0 fully saturated rings. The maximum absolute atomic E-state index is 5.28. The van der Waals surface area contributed by atoms with E-state index in [1.54, 1.807) is 7.11 Å². The highest BCUT2D eigenvalue weighted by Crippen LogP contribution is 2.34. The molecular formula is C25H22N2O. The third-order valence-corrected chi connectivity index (χ3v) is 4.83. The zero-order valence-electron chi connectivity index (χ0n) is 16.1. The Morgan fingerprint density at radius 3 is 2.07 bits per heavy atom. The van der Waals surface area contributed by atoms with E-state index in [4.69, 9.17) is 9.72 Å². The van der Waals surface area contributed by atoms with Gasteiger partial charge in [-0.05, 0) is 36.8 Å². The van der Waals surface area contributed by atoms with Gasteiger partial charge in [-0.3, -0.25) is 4.57 Å². The molecule has 0 radical (unpaired) electrons. The summed E-state index contributed by atoms with van der Waals surface area (Å²) in [5, 5.41) is 0. The summed E-state index contributed by atoms with van der Waals surface area (Å²) in [4.78, 5) is 4.91. The molecule has 1 aromatic heterocycles. The standard InChI is InChI=1S/C25H22N2O/c1-18(20-14-16-23(28-3)17-15-20)24-25(21-10-6-4-7-11-21)27(19(2)26-24)22-12-8-5-9-13-22/h4-17H,1H2,2-3H3. The molecule has 0 unspecified atom stereocenters. The van der Waals surface area contributed by atoms with Gasteiger partial charge in [-0.2, -0.15) is 0 Å². The molecule has 0 amide bonds. The first kappa shape index (κ1) is 17.8. The number of methoxy groups -OCH3 is 1. The van der Waals surface area contributed by atoms with E-state index < -0.39 is 0 Å². The van der Waals surface area contributed by atoms with Crippen LogP contribution in [0.3, 0.4) is 0 Å². The molecule has 0 aliphatic rings. The van der Waals surface area contributed by atoms with E-state index in [1.807, 2.05) is 67.6 Å². The number of aryl methyl sites for hydroxylation is 1. The molecule has 3 heteroatoms. The number of para-hydroxylation sites is 1. The number of imidazole rings is 1. The third-order valence-electron chi connectivity index (χ3n) is 4.83. The van der Waals surface area contributed by atoms with Crippen molar-refractivity contribution >= 4 is 5.57 Å². The van der Waals surface area contributed by atoms with Crippen LogP contribution in [-0.4, -0.2) is 16.7 Å². The molecule has 3 aromatic carbocycles. The van der Waals surface area contributed by atoms with E-state index in [1.165, 1.54) is 0 Å². The zero-order valence-corrected chi connectivity index (χ0v) is 16.1. The lowest BCUT2D eigenvalue weighted by Gasteiger charge is -2.13. The predicted molar refractivity (Wildman–Crippen MR) is 115 cm³/mol. The van der Waals surface area contributed by atoms with Gasteiger partial charge in [-0.15, -0.1) is 0 Å². The van der Waals surface area contributed by atoms with Gasteiger partial charge in [0.15, 0.2) is 0 Å². The molecule has 0 spiro atoms. The fraction of sp³-hybridized carbons (Fsp3) is 0.0800. The lowest BCUT2D eigenvalue weighted by atomic mass is 10.00. The highest BCUT2D eigenvalue weighted by atomic mass is 16.5. The largest absolute Gasteiger partial charge is 0.497 e. The molecule has 3 nitrogen and oxygen atoms in total. The summed E-state index contributed by atoms with van der Waals surface area (Å²) < 4.78 is 7.47. The molecule has 0 aliphatic heterocycles. The Morgan fingerprint density at radius 1 is 0.857 bits per heavy atom. The number of hydrogen-bond acceptors (Lipinski definition) is 2. The van der Waals surface area contributed by atoms with Crippen molar-refractivity contribution in [1.29, 1.82) is 0 Å². The van der Waals surface area contributed by atoms with Crippen molar-refractivity contribution in [2.45, 2.75) is 6.92 Å². The minimum Gasteiger partial charge on any atom is -0.497 e. The van der Waals surface area contributed by atoms with Gasteiger partial charge in [0.1, 0.15) is 11.6 Å². The summed E-state index contributed by atoms with van der Waals surface area (Å²) in [5.41, 5.74) is 6.04. The minimum absolute atomic E-state index is 0.825. The predicted octanol–water partition coefficient (Wildman–Crippen LogP) is 5.92. The molecule has 0 saturated carbocycles. The summed E-state index contributed by atoms with van der Waals surface area (Å²) in [6.45, 7) is 6.40. The molecule has 28 heavy (non-hydrogen) atoms. The van der Waals surface area contributed by atoms with Gasteiger partial charge < -0.3 is 4.74 Å². The first-order valence-corrected chi connectivity index (χ1v) is 9.23. The van der Waals surface area contributed by atoms with E-state index in [0.717, 1.165) is 45.3 Å². The summed E-state index contributed by atoms with van der Waals surface area (Å²) in [6, 6.07) is 28.6. The average molecular weight is 366 g/mol. The lowest BCUT2D eigenvalue weighted by Crippen LogP contribution is -2.00. The second kappa shape index (κ2) is 7.57. The Balaban J connectivity index is 1.91. The molecular weight excluding hydrogens is 344 g/mol. The van der Waals surface area contributed by atoms with E-state index in [9.17, 15) is 0 Å². The van der Waals surface area contributed by atoms with Crippen molar-refractivity contribution in [3.63, 3.8) is 0 Å². The van der Waals surface area contributed by atoms with Crippen molar-refractivity contribution in [3.05, 3.63) is 109 Å². The average Bonchev–Trinajstić information content (AvgIpc) is 3.11. The second-order valence-electron chi connectivity index (χ2n) is 6.60. The Kier molecular flexibility index (Phi) is 4.81. The van der Waals surface area contributed by atoms with Gasteiger partial charge in [-0.25, -0.2) is 4.98 Å². The first-order chi connectivity index (χ1) is 13.7. The van der Waals surface area contributed by atoms with E-state index in [-0.39, 0.29) is 0 Å². The minimum atomic E-state index is 0.825. The van der Waals surface area contributed by atoms with Gasteiger partial charge in [0.2, 0.25) is 0 Å². The third kappa shape index (κ3) is 3.23. The number of nitrogens with zero attached hydrogens (tertiary/aromatic N) is 2. The van der Waals surface area contributed by atoms with Crippen molar-refractivity contribution < 1.29 is 4.74 Å². The molecule has 0 N–H and O–H groups in total. The summed E-state index contributed by atoms with van der Waals surface area (Å²) in [7, 11) is 1.67. The summed E-state index contributed by atoms with van der Waals surface area (Å²) in [5.74, 6) is 1.75. The fourth-order valence-corrected chi connectivity index (χ4v) is 3.43. The van der Waals surface area contributed by atoms with Crippen LogP contribution < -0.4 is 4.74 Å². The van der Waals surface area contributed by atoms with Gasteiger partial charge in [-0.1, -0.05) is 67.2 Å². The molecule has 4 aromatic rings. The molecule has 0 bridgehead atoms. The van der Waals surface area contributed by atoms with E-state index in [2.05, 4.69) is 35.4 Å². The van der Waals surface area contributed by atoms with Crippen LogP contribution in [0.1, 0.15) is 17.1 Å². The summed E-state index contributed by atoms with van der Waals surface area (Å²) in [6.07, 6.45) is 0. The molecule has 0 aliphatic carbocycles. The van der Waals surface area contributed by atoms with Crippen LogP contribution in [0.5, 0.6) is 5.75 Å². The zero-order chi connectivity index (χ0) is 19.5. The number of rotatable bonds is 5. The molecule has 0 saturated heterocycles. The molecule has 138 valence electrons. The maximum Gasteiger partial charge on any atom is 0.118 e. The van der Waals surface area contributed by atoms with Crippen molar-refractivity contribution in [3.8, 4) is 22.7 Å². The highest BCUT2D eigenvalue weighted by molar-refractivity contribution is 5.85. The van der Waals surface area contributed by atoms with Gasteiger partial charge >= 0.3 is 0 Å². The lowest BCUT2D eigenvalue weighted by molar-refractivity contribution is 0.415. The quantitative estimate of drug-likeness (QED) is 0.438. The Labute approximate surface area is 165 Å². The van der Waals surface area contributed by atoms with Crippen LogP contribution in [-0.2, 0) is 0 Å². The van der Waals surface area contributed by atoms with Crippen LogP contribution in [0, 0.1) is 6.92 Å². The SMILES string of the molecule is C=C(c1ccc(OC)cc1)c1nc(C)n(-c2ccccc2)c1-c1ccccc1. The number of hydrogen-bond donors (Lipinski definition) is 0. The first-order valence-electron chi connectivity index (χ1n) is 9.23. The monoisotopic (exact) mass is 366 g/mol. The number of aromatic nitrogens is 2. The Bertz CT molecular complexity index is 1090. The Morgan fingerprint density at radius 2 is 1.46 bits per heavy atom. The summed E-state index contributed by atoms with van der Waals surface area (Å²) >= 11 is 0. The van der Waals surface area contributed by atoms with Crippen LogP contribution in [0.2, 0.25) is 0 Å². The molecule has 0 atom stereocenters. The van der Waals surface area contributed by atoms with E-state index in [0.29, 0.717) is 0 Å². The van der Waals surface area contributed by atoms with Crippen molar-refractivity contribution in [2.75, 3.05) is 7.11 Å². The van der Waals surface area contributed by atoms with Crippen molar-refractivity contribution in [1.82, 2.24) is 9.55 Å². The normalized spacial score (nSPS) is 10.6. The number of benzene rings is 3. The maximum atomic E-state index is 5.28. The van der Waals surface area contributed by atoms with E-state index >= 15 is 0 Å². The van der Waals surface area contributed by atoms with Gasteiger partial charge in [0.25, 0.3) is 0 Å². The van der Waals surface area contributed by atoms with Gasteiger partial charge in [0, 0.05) is 16.8 Å². The van der Waals surface area contributed by atoms with Gasteiger partial charge in [0.05, 0.1) is 18.5 Å².